The van der Waals surface area contributed by atoms with Crippen molar-refractivity contribution in [3.63, 3.8) is 0 Å². The zero-order valence-electron chi connectivity index (χ0n) is 14.8. The van der Waals surface area contributed by atoms with Crippen LogP contribution < -0.4 is 10.6 Å². The number of benzene rings is 1. The predicted molar refractivity (Wildman–Crippen MR) is 106 cm³/mol. The lowest BCUT2D eigenvalue weighted by atomic mass is 9.96. The lowest BCUT2D eigenvalue weighted by Gasteiger charge is -2.32. The molecule has 0 aromatic heterocycles. The molecular formula is C18H27BrClN3O2. The van der Waals surface area contributed by atoms with Crippen molar-refractivity contribution in [2.45, 2.75) is 26.7 Å². The number of piperidine rings is 1. The molecule has 1 atom stereocenters. The van der Waals surface area contributed by atoms with E-state index in [9.17, 15) is 9.59 Å². The number of halogens is 2. The van der Waals surface area contributed by atoms with Gasteiger partial charge in [-0.15, -0.1) is 12.4 Å². The molecule has 1 fully saturated rings. The van der Waals surface area contributed by atoms with Crippen LogP contribution in [0.4, 0.5) is 0 Å². The third kappa shape index (κ3) is 6.28. The lowest BCUT2D eigenvalue weighted by molar-refractivity contribution is -0.126. The molecule has 1 aliphatic rings. The number of carbonyl (C=O) groups excluding carboxylic acids is 2. The molecule has 1 aromatic rings. The summed E-state index contributed by atoms with van der Waals surface area (Å²) in [5.41, 5.74) is 1.66. The fourth-order valence-electron chi connectivity index (χ4n) is 3.01. The number of rotatable bonds is 6. The van der Waals surface area contributed by atoms with Crippen LogP contribution in [0, 0.1) is 12.8 Å². The van der Waals surface area contributed by atoms with Gasteiger partial charge in [0.25, 0.3) is 5.91 Å². The van der Waals surface area contributed by atoms with E-state index in [0.29, 0.717) is 18.7 Å². The van der Waals surface area contributed by atoms with Crippen LogP contribution in [0.2, 0.25) is 0 Å². The molecule has 1 heterocycles. The number of hydrogen-bond donors (Lipinski definition) is 2. The van der Waals surface area contributed by atoms with Crippen LogP contribution in [0.15, 0.2) is 22.7 Å². The molecule has 0 bridgehead atoms. The Balaban J connectivity index is 0.00000312. The van der Waals surface area contributed by atoms with Gasteiger partial charge in [0.05, 0.1) is 5.92 Å². The smallest absolute Gasteiger partial charge is 0.254 e. The molecule has 1 saturated heterocycles. The number of aryl methyl sites for hydroxylation is 1. The van der Waals surface area contributed by atoms with Crippen LogP contribution in [0.1, 0.15) is 35.7 Å². The highest BCUT2D eigenvalue weighted by molar-refractivity contribution is 9.10. The first kappa shape index (κ1) is 21.9. The topological polar surface area (TPSA) is 61.4 Å². The van der Waals surface area contributed by atoms with Crippen LogP contribution in [-0.4, -0.2) is 49.4 Å². The minimum Gasteiger partial charge on any atom is -0.355 e. The first-order chi connectivity index (χ1) is 11.5. The minimum absolute atomic E-state index is 0. The predicted octanol–water partition coefficient (Wildman–Crippen LogP) is 2.76. The molecule has 7 heteroatoms. The van der Waals surface area contributed by atoms with Crippen molar-refractivity contribution in [1.82, 2.24) is 15.5 Å². The van der Waals surface area contributed by atoms with Gasteiger partial charge in [-0.3, -0.25) is 9.59 Å². The van der Waals surface area contributed by atoms with Crippen LogP contribution in [0.3, 0.4) is 0 Å². The first-order valence-corrected chi connectivity index (χ1v) is 9.36. The number of carbonyl (C=O) groups is 2. The Morgan fingerprint density at radius 3 is 2.76 bits per heavy atom. The Morgan fingerprint density at radius 2 is 2.08 bits per heavy atom. The monoisotopic (exact) mass is 431 g/mol. The molecule has 0 saturated carbocycles. The first-order valence-electron chi connectivity index (χ1n) is 8.56. The molecule has 140 valence electrons. The van der Waals surface area contributed by atoms with Gasteiger partial charge in [0.15, 0.2) is 0 Å². The zero-order valence-corrected chi connectivity index (χ0v) is 17.2. The van der Waals surface area contributed by atoms with Crippen LogP contribution in [0.25, 0.3) is 0 Å². The van der Waals surface area contributed by atoms with Crippen molar-refractivity contribution in [2.75, 3.05) is 32.7 Å². The molecule has 1 aromatic carbocycles. The second kappa shape index (κ2) is 10.8. The highest BCUT2D eigenvalue weighted by Gasteiger charge is 2.29. The normalized spacial score (nSPS) is 16.9. The zero-order chi connectivity index (χ0) is 17.5. The van der Waals surface area contributed by atoms with E-state index < -0.39 is 0 Å². The maximum atomic E-state index is 12.8. The van der Waals surface area contributed by atoms with Crippen LogP contribution in [0.5, 0.6) is 0 Å². The number of hydrogen-bond acceptors (Lipinski definition) is 3. The molecule has 2 rings (SSSR count). The van der Waals surface area contributed by atoms with E-state index in [-0.39, 0.29) is 30.1 Å². The molecule has 5 nitrogen and oxygen atoms in total. The number of likely N-dealkylation sites (N-methyl/N-ethyl adjacent to an activating group) is 1. The fourth-order valence-corrected chi connectivity index (χ4v) is 3.48. The van der Waals surface area contributed by atoms with Crippen molar-refractivity contribution in [2.24, 2.45) is 5.92 Å². The number of nitrogens with zero attached hydrogens (tertiary/aromatic N) is 1. The highest BCUT2D eigenvalue weighted by Crippen LogP contribution is 2.22. The van der Waals surface area contributed by atoms with E-state index in [1.807, 2.05) is 36.9 Å². The van der Waals surface area contributed by atoms with Gasteiger partial charge in [0.2, 0.25) is 5.91 Å². The Labute approximate surface area is 164 Å². The number of amides is 2. The Hall–Kier alpha value is -1.11. The van der Waals surface area contributed by atoms with Gasteiger partial charge >= 0.3 is 0 Å². The van der Waals surface area contributed by atoms with Crippen LogP contribution >= 0.6 is 28.3 Å². The number of nitrogens with one attached hydrogen (secondary N) is 2. The van der Waals surface area contributed by atoms with E-state index in [1.165, 1.54) is 0 Å². The van der Waals surface area contributed by atoms with Crippen molar-refractivity contribution in [1.29, 1.82) is 0 Å². The molecule has 2 N–H and O–H groups in total. The molecular weight excluding hydrogens is 406 g/mol. The molecule has 0 spiro atoms. The second-order valence-electron chi connectivity index (χ2n) is 6.19. The fraction of sp³-hybridized carbons (Fsp3) is 0.556. The van der Waals surface area contributed by atoms with Gasteiger partial charge in [-0.25, -0.2) is 0 Å². The maximum Gasteiger partial charge on any atom is 0.254 e. The van der Waals surface area contributed by atoms with Gasteiger partial charge in [-0.2, -0.15) is 0 Å². The molecule has 0 aliphatic carbocycles. The van der Waals surface area contributed by atoms with E-state index in [2.05, 4.69) is 26.6 Å². The molecule has 0 radical (unpaired) electrons. The van der Waals surface area contributed by atoms with Crippen molar-refractivity contribution < 1.29 is 9.59 Å². The van der Waals surface area contributed by atoms with Crippen molar-refractivity contribution in [3.8, 4) is 0 Å². The third-order valence-corrected chi connectivity index (χ3v) is 4.84. The van der Waals surface area contributed by atoms with E-state index >= 15 is 0 Å². The SMILES string of the molecule is CCNCCNC(=O)C1CCCN(C(=O)c2ccc(Br)cc2C)C1.Cl. The average molecular weight is 433 g/mol. The minimum atomic E-state index is -0.111. The summed E-state index contributed by atoms with van der Waals surface area (Å²) in [4.78, 5) is 26.9. The summed E-state index contributed by atoms with van der Waals surface area (Å²) in [5, 5.41) is 6.14. The maximum absolute atomic E-state index is 12.8. The summed E-state index contributed by atoms with van der Waals surface area (Å²) in [5.74, 6) is -0.0387. The van der Waals surface area contributed by atoms with Crippen LogP contribution in [-0.2, 0) is 4.79 Å². The Bertz CT molecular complexity index is 598. The van der Waals surface area contributed by atoms with Crippen molar-refractivity contribution in [3.05, 3.63) is 33.8 Å². The van der Waals surface area contributed by atoms with E-state index in [1.54, 1.807) is 0 Å². The lowest BCUT2D eigenvalue weighted by Crippen LogP contribution is -2.46. The largest absolute Gasteiger partial charge is 0.355 e. The summed E-state index contributed by atoms with van der Waals surface area (Å²) in [6, 6.07) is 5.68. The summed E-state index contributed by atoms with van der Waals surface area (Å²) in [6.07, 6.45) is 1.71. The Kier molecular flexibility index (Phi) is 9.46. The average Bonchev–Trinajstić information content (AvgIpc) is 2.58. The highest BCUT2D eigenvalue weighted by atomic mass is 79.9. The molecule has 1 unspecified atom stereocenters. The summed E-state index contributed by atoms with van der Waals surface area (Å²) in [7, 11) is 0. The molecule has 1 aliphatic heterocycles. The quantitative estimate of drug-likeness (QED) is 0.680. The van der Waals surface area contributed by atoms with Gasteiger partial charge < -0.3 is 15.5 Å². The summed E-state index contributed by atoms with van der Waals surface area (Å²) >= 11 is 3.42. The second-order valence-corrected chi connectivity index (χ2v) is 7.11. The summed E-state index contributed by atoms with van der Waals surface area (Å²) < 4.78 is 0.966. The van der Waals surface area contributed by atoms with Gasteiger partial charge in [0, 0.05) is 36.2 Å². The summed E-state index contributed by atoms with van der Waals surface area (Å²) in [6.45, 7) is 7.49. The molecule has 2 amide bonds. The van der Waals surface area contributed by atoms with E-state index in [4.69, 9.17) is 0 Å². The number of likely N-dealkylation sites (tertiary alicyclic amines) is 1. The Morgan fingerprint density at radius 1 is 1.32 bits per heavy atom. The van der Waals surface area contributed by atoms with Gasteiger partial charge in [-0.05, 0) is 50.1 Å². The third-order valence-electron chi connectivity index (χ3n) is 4.35. The van der Waals surface area contributed by atoms with Gasteiger partial charge in [-0.1, -0.05) is 22.9 Å². The van der Waals surface area contributed by atoms with Gasteiger partial charge in [0.1, 0.15) is 0 Å². The standard InChI is InChI=1S/C18H26BrN3O2.ClH/c1-3-20-8-9-21-17(23)14-5-4-10-22(12-14)18(24)16-7-6-15(19)11-13(16)2;/h6-7,11,14,20H,3-5,8-10,12H2,1-2H3,(H,21,23);1H. The molecule has 25 heavy (non-hydrogen) atoms. The van der Waals surface area contributed by atoms with E-state index in [0.717, 1.165) is 42.5 Å². The van der Waals surface area contributed by atoms with Crippen molar-refractivity contribution >= 4 is 40.2 Å².